The summed E-state index contributed by atoms with van der Waals surface area (Å²) in [6, 6.07) is 0. The Balaban J connectivity index is 4.18. The van der Waals surface area contributed by atoms with Gasteiger partial charge in [0.2, 0.25) is 0 Å². The molecule has 0 spiro atoms. The van der Waals surface area contributed by atoms with E-state index in [4.69, 9.17) is 0 Å². The van der Waals surface area contributed by atoms with E-state index in [1.165, 1.54) is 0 Å². The van der Waals surface area contributed by atoms with Crippen LogP contribution in [0.1, 0.15) is 34.6 Å². The molecule has 0 aromatic rings. The lowest BCUT2D eigenvalue weighted by molar-refractivity contribution is 0.281. The van der Waals surface area contributed by atoms with Gasteiger partial charge in [-0.05, 0) is 40.9 Å². The summed E-state index contributed by atoms with van der Waals surface area (Å²) < 4.78 is 2.44. The van der Waals surface area contributed by atoms with Crippen molar-refractivity contribution in [3.05, 3.63) is 0 Å². The van der Waals surface area contributed by atoms with Crippen molar-refractivity contribution >= 4 is 9.28 Å². The molecule has 2 N–H and O–H groups in total. The Morgan fingerprint density at radius 2 is 1.46 bits per heavy atom. The van der Waals surface area contributed by atoms with E-state index in [-0.39, 0.29) is 5.54 Å². The molecule has 0 unspecified atom stereocenters. The molecular formula is C9H25N3Si. The van der Waals surface area contributed by atoms with Crippen molar-refractivity contribution < 1.29 is 0 Å². The van der Waals surface area contributed by atoms with Crippen LogP contribution in [0.15, 0.2) is 0 Å². The Hall–Kier alpha value is 0.0969. The largest absolute Gasteiger partial charge is 0.316 e. The molecule has 0 radical (unpaired) electrons. The lowest BCUT2D eigenvalue weighted by atomic mass is 10.1. The molecule has 0 heterocycles. The molecule has 0 atom stereocenters. The third-order valence-corrected chi connectivity index (χ3v) is 5.38. The quantitative estimate of drug-likeness (QED) is 0.643. The number of hydrogen-bond donors (Lipinski definition) is 2. The number of hydrogen-bond acceptors (Lipinski definition) is 3. The highest BCUT2D eigenvalue weighted by atomic mass is 28.3. The Bertz CT molecular complexity index is 127. The third kappa shape index (κ3) is 4.76. The molecular weight excluding hydrogens is 178 g/mol. The molecule has 0 bridgehead atoms. The zero-order valence-electron chi connectivity index (χ0n) is 9.94. The molecule has 0 fully saturated rings. The van der Waals surface area contributed by atoms with Crippen LogP contribution in [0.3, 0.4) is 0 Å². The van der Waals surface area contributed by atoms with Gasteiger partial charge in [-0.2, -0.15) is 0 Å². The van der Waals surface area contributed by atoms with Crippen molar-refractivity contribution in [1.29, 1.82) is 0 Å². The Morgan fingerprint density at radius 1 is 1.08 bits per heavy atom. The first kappa shape index (κ1) is 13.1. The standard InChI is InChI=1S/C9H25N3Si/c1-7-10-13(11-8-2)12(6)9(3,4)5/h10-11,13H,7-8H2,1-6H3. The first-order chi connectivity index (χ1) is 5.93. The van der Waals surface area contributed by atoms with Crippen molar-refractivity contribution in [2.24, 2.45) is 0 Å². The number of nitrogens with zero attached hydrogens (tertiary/aromatic N) is 1. The molecule has 0 rings (SSSR count). The lowest BCUT2D eigenvalue weighted by Crippen LogP contribution is -2.63. The van der Waals surface area contributed by atoms with Crippen LogP contribution in [0.5, 0.6) is 0 Å². The van der Waals surface area contributed by atoms with Crippen LogP contribution in [0, 0.1) is 0 Å². The van der Waals surface area contributed by atoms with Gasteiger partial charge in [0.15, 0.2) is 0 Å². The van der Waals surface area contributed by atoms with E-state index < -0.39 is 9.28 Å². The van der Waals surface area contributed by atoms with Gasteiger partial charge in [-0.1, -0.05) is 13.8 Å². The van der Waals surface area contributed by atoms with E-state index in [2.05, 4.69) is 56.2 Å². The van der Waals surface area contributed by atoms with E-state index >= 15 is 0 Å². The van der Waals surface area contributed by atoms with Gasteiger partial charge in [-0.3, -0.25) is 0 Å². The van der Waals surface area contributed by atoms with Gasteiger partial charge in [0.25, 0.3) is 9.28 Å². The fourth-order valence-electron chi connectivity index (χ4n) is 1.12. The van der Waals surface area contributed by atoms with Crippen molar-refractivity contribution in [2.45, 2.75) is 40.2 Å². The normalized spacial score (nSPS) is 12.9. The molecule has 13 heavy (non-hydrogen) atoms. The number of nitrogens with one attached hydrogen (secondary N) is 2. The zero-order chi connectivity index (χ0) is 10.5. The topological polar surface area (TPSA) is 27.3 Å². The summed E-state index contributed by atoms with van der Waals surface area (Å²) >= 11 is 0. The van der Waals surface area contributed by atoms with Gasteiger partial charge >= 0.3 is 0 Å². The maximum Gasteiger partial charge on any atom is 0.267 e. The fourth-order valence-corrected chi connectivity index (χ4v) is 3.36. The van der Waals surface area contributed by atoms with Gasteiger partial charge in [-0.15, -0.1) is 0 Å². The summed E-state index contributed by atoms with van der Waals surface area (Å²) in [6.07, 6.45) is 0. The van der Waals surface area contributed by atoms with Crippen molar-refractivity contribution in [3.63, 3.8) is 0 Å². The van der Waals surface area contributed by atoms with Crippen LogP contribution in [0.4, 0.5) is 0 Å². The maximum absolute atomic E-state index is 3.54. The van der Waals surface area contributed by atoms with Crippen LogP contribution in [0.25, 0.3) is 0 Å². The molecule has 0 saturated heterocycles. The second-order valence-corrected chi connectivity index (χ2v) is 6.70. The van der Waals surface area contributed by atoms with E-state index in [1.54, 1.807) is 0 Å². The summed E-state index contributed by atoms with van der Waals surface area (Å²) in [5.74, 6) is 0. The van der Waals surface area contributed by atoms with E-state index in [0.29, 0.717) is 0 Å². The van der Waals surface area contributed by atoms with Crippen molar-refractivity contribution in [2.75, 3.05) is 20.1 Å². The van der Waals surface area contributed by atoms with Gasteiger partial charge in [0.05, 0.1) is 0 Å². The van der Waals surface area contributed by atoms with E-state index in [9.17, 15) is 0 Å². The zero-order valence-corrected chi connectivity index (χ0v) is 11.1. The second-order valence-electron chi connectivity index (χ2n) is 4.30. The van der Waals surface area contributed by atoms with Gasteiger partial charge in [0.1, 0.15) is 0 Å². The van der Waals surface area contributed by atoms with E-state index in [0.717, 1.165) is 13.1 Å². The third-order valence-electron chi connectivity index (χ3n) is 2.24. The first-order valence-corrected chi connectivity index (χ1v) is 6.80. The van der Waals surface area contributed by atoms with Gasteiger partial charge < -0.3 is 14.5 Å². The van der Waals surface area contributed by atoms with Crippen LogP contribution in [-0.2, 0) is 0 Å². The molecule has 0 amide bonds. The molecule has 0 aliphatic heterocycles. The SMILES string of the molecule is CCN[SiH](NCC)N(C)C(C)(C)C. The first-order valence-electron chi connectivity index (χ1n) is 5.13. The summed E-state index contributed by atoms with van der Waals surface area (Å²) in [5.41, 5.74) is 0.251. The Kier molecular flexibility index (Phi) is 5.79. The number of rotatable bonds is 5. The van der Waals surface area contributed by atoms with Crippen LogP contribution in [-0.4, -0.2) is 39.5 Å². The molecule has 80 valence electrons. The van der Waals surface area contributed by atoms with Gasteiger partial charge in [-0.25, -0.2) is 0 Å². The predicted molar refractivity (Wildman–Crippen MR) is 62.0 cm³/mol. The smallest absolute Gasteiger partial charge is 0.267 e. The highest BCUT2D eigenvalue weighted by Gasteiger charge is 2.25. The van der Waals surface area contributed by atoms with Crippen LogP contribution in [0.2, 0.25) is 0 Å². The molecule has 0 aliphatic rings. The van der Waals surface area contributed by atoms with Crippen molar-refractivity contribution in [3.8, 4) is 0 Å². The summed E-state index contributed by atoms with van der Waals surface area (Å²) in [7, 11) is 1.08. The summed E-state index contributed by atoms with van der Waals surface area (Å²) in [5, 5.41) is 0. The Labute approximate surface area is 84.7 Å². The highest BCUT2D eigenvalue weighted by molar-refractivity contribution is 6.50. The molecule has 3 nitrogen and oxygen atoms in total. The van der Waals surface area contributed by atoms with Gasteiger partial charge in [0, 0.05) is 5.54 Å². The predicted octanol–water partition coefficient (Wildman–Crippen LogP) is 0.653. The van der Waals surface area contributed by atoms with Crippen LogP contribution < -0.4 is 9.96 Å². The molecule has 0 saturated carbocycles. The lowest BCUT2D eigenvalue weighted by Gasteiger charge is -2.38. The van der Waals surface area contributed by atoms with Crippen molar-refractivity contribution in [1.82, 2.24) is 14.5 Å². The highest BCUT2D eigenvalue weighted by Crippen LogP contribution is 2.09. The maximum atomic E-state index is 3.54. The average Bonchev–Trinajstić information content (AvgIpc) is 2.01. The fraction of sp³-hybridized carbons (Fsp3) is 1.00. The molecule has 4 heteroatoms. The summed E-state index contributed by atoms with van der Waals surface area (Å²) in [6.45, 7) is 13.2. The Morgan fingerprint density at radius 3 is 1.69 bits per heavy atom. The average molecular weight is 203 g/mol. The minimum Gasteiger partial charge on any atom is -0.316 e. The minimum atomic E-state index is -1.12. The minimum absolute atomic E-state index is 0.251. The van der Waals surface area contributed by atoms with E-state index in [1.807, 2.05) is 0 Å². The molecule has 0 aliphatic carbocycles. The molecule has 0 aromatic carbocycles. The summed E-state index contributed by atoms with van der Waals surface area (Å²) in [4.78, 5) is 7.09. The second kappa shape index (κ2) is 5.75. The monoisotopic (exact) mass is 203 g/mol. The molecule has 0 aromatic heterocycles. The van der Waals surface area contributed by atoms with Crippen LogP contribution >= 0.6 is 0 Å².